The first-order chi connectivity index (χ1) is 13.0. The number of hydrogen-bond donors (Lipinski definition) is 1. The molecule has 1 aromatic heterocycles. The van der Waals surface area contributed by atoms with E-state index in [4.69, 9.17) is 11.6 Å². The fourth-order valence-corrected chi connectivity index (χ4v) is 4.03. The molecule has 0 saturated carbocycles. The minimum atomic E-state index is -4.69. The molecule has 152 valence electrons. The molecule has 0 bridgehead atoms. The van der Waals surface area contributed by atoms with Crippen LogP contribution in [0.4, 0.5) is 13.2 Å². The van der Waals surface area contributed by atoms with Crippen molar-refractivity contribution in [3.8, 4) is 0 Å². The highest BCUT2D eigenvalue weighted by molar-refractivity contribution is 9.10. The van der Waals surface area contributed by atoms with Crippen molar-refractivity contribution in [3.63, 3.8) is 0 Å². The van der Waals surface area contributed by atoms with Crippen LogP contribution in [0.5, 0.6) is 0 Å². The van der Waals surface area contributed by atoms with Crippen LogP contribution in [0, 0.1) is 6.92 Å². The van der Waals surface area contributed by atoms with Gasteiger partial charge in [-0.1, -0.05) is 57.9 Å². The normalized spacial score (nSPS) is 23.1. The second-order valence-corrected chi connectivity index (χ2v) is 8.64. The van der Waals surface area contributed by atoms with Gasteiger partial charge in [0.25, 0.3) is 0 Å². The number of likely N-dealkylation sites (tertiary alicyclic amines) is 1. The fraction of sp³-hybridized carbons (Fsp3) is 0.444. The summed E-state index contributed by atoms with van der Waals surface area (Å²) in [7, 11) is 0. The molecule has 1 N–H and O–H groups in total. The maximum Gasteiger partial charge on any atom is 0.436 e. The van der Waals surface area contributed by atoms with Gasteiger partial charge >= 0.3 is 6.18 Å². The number of carbonyl (C=O) groups is 1. The highest BCUT2D eigenvalue weighted by Crippen LogP contribution is 2.40. The van der Waals surface area contributed by atoms with Gasteiger partial charge in [-0.3, -0.25) is 9.48 Å². The predicted molar refractivity (Wildman–Crippen MR) is 101 cm³/mol. The van der Waals surface area contributed by atoms with E-state index in [1.807, 2.05) is 30.3 Å². The minimum Gasteiger partial charge on any atom is -0.379 e. The molecule has 1 amide bonds. The summed E-state index contributed by atoms with van der Waals surface area (Å²) in [6, 6.07) is 8.76. The molecule has 5 nitrogen and oxygen atoms in total. The molecule has 3 rings (SSSR count). The first kappa shape index (κ1) is 21.1. The summed E-state index contributed by atoms with van der Waals surface area (Å²) in [5.41, 5.74) is -0.292. The van der Waals surface area contributed by atoms with Gasteiger partial charge in [-0.25, -0.2) is 0 Å². The van der Waals surface area contributed by atoms with Crippen molar-refractivity contribution < 1.29 is 23.1 Å². The number of alkyl halides is 4. The van der Waals surface area contributed by atoms with E-state index >= 15 is 0 Å². The molecule has 0 aliphatic carbocycles. The number of benzene rings is 1. The van der Waals surface area contributed by atoms with Crippen molar-refractivity contribution in [2.45, 2.75) is 43.0 Å². The predicted octanol–water partition coefficient (Wildman–Crippen LogP) is 4.31. The molecule has 2 atom stereocenters. The number of nitrogens with zero attached hydrogens (tertiary/aromatic N) is 3. The van der Waals surface area contributed by atoms with Gasteiger partial charge < -0.3 is 10.0 Å². The minimum absolute atomic E-state index is 0.0765. The topological polar surface area (TPSA) is 58.4 Å². The van der Waals surface area contributed by atoms with Crippen LogP contribution >= 0.6 is 27.5 Å². The number of piperidine rings is 1. The first-order valence-corrected chi connectivity index (χ1v) is 9.72. The van der Waals surface area contributed by atoms with E-state index in [1.165, 1.54) is 6.92 Å². The van der Waals surface area contributed by atoms with Crippen LogP contribution in [0.2, 0.25) is 5.02 Å². The summed E-state index contributed by atoms with van der Waals surface area (Å²) < 4.78 is 38.9. The largest absolute Gasteiger partial charge is 0.436 e. The Morgan fingerprint density at radius 1 is 1.39 bits per heavy atom. The number of aromatic nitrogens is 2. The zero-order valence-electron chi connectivity index (χ0n) is 14.9. The van der Waals surface area contributed by atoms with Gasteiger partial charge in [0.15, 0.2) is 5.69 Å². The van der Waals surface area contributed by atoms with E-state index in [2.05, 4.69) is 21.0 Å². The Hall–Kier alpha value is -1.58. The molecule has 2 aromatic rings. The molecule has 10 heteroatoms. The Balaban J connectivity index is 1.87. The third-order valence-electron chi connectivity index (χ3n) is 4.81. The molecule has 2 unspecified atom stereocenters. The number of amides is 1. The van der Waals surface area contributed by atoms with Gasteiger partial charge in [0.1, 0.15) is 11.1 Å². The monoisotopic (exact) mass is 479 g/mol. The molecule has 1 aliphatic heterocycles. The van der Waals surface area contributed by atoms with Crippen LogP contribution in [0.3, 0.4) is 0 Å². The highest BCUT2D eigenvalue weighted by atomic mass is 79.9. The van der Waals surface area contributed by atoms with E-state index in [-0.39, 0.29) is 25.2 Å². The maximum absolute atomic E-state index is 13.0. The quantitative estimate of drug-likeness (QED) is 0.666. The summed E-state index contributed by atoms with van der Waals surface area (Å²) in [5, 5.41) is 13.4. The van der Waals surface area contributed by atoms with Crippen molar-refractivity contribution in [1.29, 1.82) is 0 Å². The van der Waals surface area contributed by atoms with Crippen LogP contribution in [-0.2, 0) is 17.5 Å². The van der Waals surface area contributed by atoms with Crippen LogP contribution in [0.1, 0.15) is 35.8 Å². The third kappa shape index (κ3) is 4.36. The molecule has 2 heterocycles. The molecule has 1 saturated heterocycles. The Labute approximate surface area is 173 Å². The molecule has 1 fully saturated rings. The van der Waals surface area contributed by atoms with E-state index in [0.717, 1.165) is 10.2 Å². The van der Waals surface area contributed by atoms with E-state index < -0.39 is 33.4 Å². The van der Waals surface area contributed by atoms with Gasteiger partial charge in [-0.15, -0.1) is 0 Å². The van der Waals surface area contributed by atoms with Crippen LogP contribution in [0.15, 0.2) is 30.3 Å². The second-order valence-electron chi connectivity index (χ2n) is 6.79. The fourth-order valence-electron chi connectivity index (χ4n) is 3.31. The molecule has 0 radical (unpaired) electrons. The average Bonchev–Trinajstić information content (AvgIpc) is 2.90. The van der Waals surface area contributed by atoms with Gasteiger partial charge in [0, 0.05) is 19.4 Å². The summed E-state index contributed by atoms with van der Waals surface area (Å²) >= 11 is 9.04. The summed E-state index contributed by atoms with van der Waals surface area (Å²) in [6.07, 6.45) is -4.13. The maximum atomic E-state index is 13.0. The standard InChI is InChI=1S/C18H18BrClF3N3O2/c1-11-15(20)16(18(21,22)23)24-26(11)10-14(27)25-8-7-17(19,28)9-13(25)12-5-3-2-4-6-12/h2-6,13,28H,7-10H2,1H3. The number of aliphatic hydroxyl groups is 1. The Morgan fingerprint density at radius 3 is 2.61 bits per heavy atom. The lowest BCUT2D eigenvalue weighted by Gasteiger charge is -2.41. The lowest BCUT2D eigenvalue weighted by atomic mass is 9.93. The van der Waals surface area contributed by atoms with Crippen molar-refractivity contribution in [2.24, 2.45) is 0 Å². The number of rotatable bonds is 3. The number of hydrogen-bond acceptors (Lipinski definition) is 3. The average molecular weight is 481 g/mol. The zero-order valence-corrected chi connectivity index (χ0v) is 17.2. The lowest BCUT2D eigenvalue weighted by Crippen LogP contribution is -2.47. The summed E-state index contributed by atoms with van der Waals surface area (Å²) in [4.78, 5) is 14.5. The highest BCUT2D eigenvalue weighted by Gasteiger charge is 2.41. The van der Waals surface area contributed by atoms with Gasteiger partial charge in [0.05, 0.1) is 16.8 Å². The van der Waals surface area contributed by atoms with Gasteiger partial charge in [0.2, 0.25) is 5.91 Å². The SMILES string of the molecule is Cc1c(Cl)c(C(F)(F)F)nn1CC(=O)N1CCC(O)(Br)CC1c1ccccc1. The molecular weight excluding hydrogens is 463 g/mol. The number of halogens is 5. The van der Waals surface area contributed by atoms with Crippen molar-refractivity contribution in [1.82, 2.24) is 14.7 Å². The van der Waals surface area contributed by atoms with Crippen molar-refractivity contribution in [2.75, 3.05) is 6.54 Å². The van der Waals surface area contributed by atoms with Crippen LogP contribution in [-0.4, -0.2) is 36.7 Å². The van der Waals surface area contributed by atoms with Gasteiger partial charge in [-0.05, 0) is 12.5 Å². The molecule has 0 spiro atoms. The third-order valence-corrected chi connectivity index (χ3v) is 5.98. The van der Waals surface area contributed by atoms with E-state index in [0.29, 0.717) is 6.42 Å². The Morgan fingerprint density at radius 2 is 2.04 bits per heavy atom. The van der Waals surface area contributed by atoms with Gasteiger partial charge in [-0.2, -0.15) is 18.3 Å². The second kappa shape index (κ2) is 7.68. The van der Waals surface area contributed by atoms with Crippen LogP contribution < -0.4 is 0 Å². The van der Waals surface area contributed by atoms with Crippen molar-refractivity contribution >= 4 is 33.4 Å². The summed E-state index contributed by atoms with van der Waals surface area (Å²) in [5.74, 6) is -0.396. The Kier molecular flexibility index (Phi) is 5.80. The lowest BCUT2D eigenvalue weighted by molar-refractivity contribution is -0.143. The molecule has 1 aliphatic rings. The van der Waals surface area contributed by atoms with E-state index in [1.54, 1.807) is 4.90 Å². The van der Waals surface area contributed by atoms with E-state index in [9.17, 15) is 23.1 Å². The smallest absolute Gasteiger partial charge is 0.379 e. The Bertz CT molecular complexity index is 871. The molecular formula is C18H18BrClF3N3O2. The zero-order chi connectivity index (χ0) is 20.7. The molecule has 1 aromatic carbocycles. The number of carbonyl (C=O) groups excluding carboxylic acids is 1. The summed E-state index contributed by atoms with van der Waals surface area (Å²) in [6.45, 7) is 1.27. The first-order valence-electron chi connectivity index (χ1n) is 8.55. The molecule has 28 heavy (non-hydrogen) atoms. The van der Waals surface area contributed by atoms with Crippen LogP contribution in [0.25, 0.3) is 0 Å². The van der Waals surface area contributed by atoms with Crippen molar-refractivity contribution in [3.05, 3.63) is 52.3 Å².